The molecule has 4 aliphatic rings. The topological polar surface area (TPSA) is 15.3 Å². The first-order chi connectivity index (χ1) is 8.40. The summed E-state index contributed by atoms with van der Waals surface area (Å²) < 4.78 is 0. The van der Waals surface area contributed by atoms with Crippen LogP contribution in [0.25, 0.3) is 0 Å². The highest BCUT2D eigenvalue weighted by Gasteiger charge is 2.43. The molecule has 0 amide bonds. The van der Waals surface area contributed by atoms with Crippen LogP contribution in [0.4, 0.5) is 0 Å². The molecule has 1 saturated heterocycles. The fraction of sp³-hybridized carbons (Fsp3) is 1.00. The van der Waals surface area contributed by atoms with Crippen molar-refractivity contribution in [1.29, 1.82) is 0 Å². The van der Waals surface area contributed by atoms with E-state index in [1.807, 2.05) is 0 Å². The first-order valence-electron chi connectivity index (χ1n) is 7.87. The summed E-state index contributed by atoms with van der Waals surface area (Å²) in [6.07, 6.45) is 10.4. The van der Waals surface area contributed by atoms with Gasteiger partial charge in [0.2, 0.25) is 0 Å². The Labute approximate surface area is 105 Å². The van der Waals surface area contributed by atoms with Gasteiger partial charge in [0.1, 0.15) is 0 Å². The lowest BCUT2D eigenvalue weighted by molar-refractivity contribution is 0.0750. The van der Waals surface area contributed by atoms with Crippen molar-refractivity contribution in [2.24, 2.45) is 17.8 Å². The fourth-order valence-electron chi connectivity index (χ4n) is 4.42. The highest BCUT2D eigenvalue weighted by Crippen LogP contribution is 2.42. The molecule has 1 N–H and O–H groups in total. The highest BCUT2D eigenvalue weighted by atomic mass is 15.2. The lowest BCUT2D eigenvalue weighted by Crippen LogP contribution is -2.50. The predicted octanol–water partition coefficient (Wildman–Crippen LogP) is 2.25. The minimum Gasteiger partial charge on any atom is -0.314 e. The molecular weight excluding hydrogens is 208 g/mol. The zero-order valence-corrected chi connectivity index (χ0v) is 10.9. The summed E-state index contributed by atoms with van der Waals surface area (Å²) in [5.74, 6) is 3.13. The molecular formula is C15H26N2. The van der Waals surface area contributed by atoms with E-state index in [0.717, 1.165) is 29.8 Å². The van der Waals surface area contributed by atoms with Gasteiger partial charge in [-0.15, -0.1) is 0 Å². The second-order valence-electron chi connectivity index (χ2n) is 6.99. The standard InChI is InChI=1S/C15H26N2/c1-2-12-9-17(10-13(12)3-1)15-7-4-11(15)8-16-14-5-6-14/h11-16H,1-10H2. The summed E-state index contributed by atoms with van der Waals surface area (Å²) >= 11 is 0. The van der Waals surface area contributed by atoms with Gasteiger partial charge in [0.25, 0.3) is 0 Å². The second kappa shape index (κ2) is 4.24. The third-order valence-electron chi connectivity index (χ3n) is 5.85. The smallest absolute Gasteiger partial charge is 0.0136 e. The van der Waals surface area contributed by atoms with Gasteiger partial charge in [0.05, 0.1) is 0 Å². The van der Waals surface area contributed by atoms with E-state index in [1.165, 1.54) is 64.6 Å². The molecule has 2 heteroatoms. The van der Waals surface area contributed by atoms with Crippen molar-refractivity contribution >= 4 is 0 Å². The highest BCUT2D eigenvalue weighted by molar-refractivity contribution is 4.98. The third kappa shape index (κ3) is 2.04. The van der Waals surface area contributed by atoms with E-state index >= 15 is 0 Å². The zero-order chi connectivity index (χ0) is 11.2. The van der Waals surface area contributed by atoms with E-state index in [2.05, 4.69) is 10.2 Å². The van der Waals surface area contributed by atoms with Crippen LogP contribution in [0.5, 0.6) is 0 Å². The van der Waals surface area contributed by atoms with Gasteiger partial charge in [-0.05, 0) is 62.8 Å². The summed E-state index contributed by atoms with van der Waals surface area (Å²) in [4.78, 5) is 2.86. The Kier molecular flexibility index (Phi) is 2.69. The van der Waals surface area contributed by atoms with Gasteiger partial charge in [-0.2, -0.15) is 0 Å². The van der Waals surface area contributed by atoms with Crippen molar-refractivity contribution in [2.45, 2.75) is 57.0 Å². The van der Waals surface area contributed by atoms with Gasteiger partial charge in [-0.1, -0.05) is 6.42 Å². The lowest BCUT2D eigenvalue weighted by atomic mass is 9.78. The first kappa shape index (κ1) is 10.8. The second-order valence-corrected chi connectivity index (χ2v) is 6.99. The van der Waals surface area contributed by atoms with E-state index in [1.54, 1.807) is 0 Å². The van der Waals surface area contributed by atoms with Gasteiger partial charge >= 0.3 is 0 Å². The maximum atomic E-state index is 3.74. The number of nitrogens with zero attached hydrogens (tertiary/aromatic N) is 1. The van der Waals surface area contributed by atoms with Gasteiger partial charge in [0, 0.05) is 25.2 Å². The predicted molar refractivity (Wildman–Crippen MR) is 69.9 cm³/mol. The molecule has 4 unspecified atom stereocenters. The molecule has 0 aromatic heterocycles. The number of hydrogen-bond acceptors (Lipinski definition) is 2. The fourth-order valence-corrected chi connectivity index (χ4v) is 4.42. The summed E-state index contributed by atoms with van der Waals surface area (Å²) in [7, 11) is 0. The molecule has 2 nitrogen and oxygen atoms in total. The van der Waals surface area contributed by atoms with Crippen LogP contribution in [0.1, 0.15) is 44.9 Å². The minimum absolute atomic E-state index is 0.897. The summed E-state index contributed by atoms with van der Waals surface area (Å²) in [6.45, 7) is 4.19. The van der Waals surface area contributed by atoms with E-state index in [0.29, 0.717) is 0 Å². The number of fused-ring (bicyclic) bond motifs is 1. The van der Waals surface area contributed by atoms with Gasteiger partial charge in [-0.3, -0.25) is 4.90 Å². The molecule has 96 valence electrons. The average Bonchev–Trinajstić information content (AvgIpc) is 2.85. The van der Waals surface area contributed by atoms with E-state index in [9.17, 15) is 0 Å². The Hall–Kier alpha value is -0.0800. The molecule has 4 fully saturated rings. The number of rotatable bonds is 4. The quantitative estimate of drug-likeness (QED) is 0.802. The maximum absolute atomic E-state index is 3.74. The largest absolute Gasteiger partial charge is 0.314 e. The van der Waals surface area contributed by atoms with E-state index < -0.39 is 0 Å². The van der Waals surface area contributed by atoms with Gasteiger partial charge in [0.15, 0.2) is 0 Å². The van der Waals surface area contributed by atoms with Crippen LogP contribution >= 0.6 is 0 Å². The van der Waals surface area contributed by atoms with Crippen molar-refractivity contribution in [3.8, 4) is 0 Å². The minimum atomic E-state index is 0.897. The first-order valence-corrected chi connectivity index (χ1v) is 7.87. The maximum Gasteiger partial charge on any atom is 0.0136 e. The molecule has 0 spiro atoms. The van der Waals surface area contributed by atoms with Crippen LogP contribution in [0.2, 0.25) is 0 Å². The van der Waals surface area contributed by atoms with Crippen molar-refractivity contribution in [3.05, 3.63) is 0 Å². The molecule has 4 rings (SSSR count). The van der Waals surface area contributed by atoms with Crippen molar-refractivity contribution < 1.29 is 0 Å². The molecule has 3 aliphatic carbocycles. The van der Waals surface area contributed by atoms with Crippen molar-refractivity contribution in [1.82, 2.24) is 10.2 Å². The normalized spacial score (nSPS) is 45.9. The SMILES string of the molecule is C1CC2CN(C3CCC3CNC3CC3)CC2C1. The lowest BCUT2D eigenvalue weighted by Gasteiger charge is -2.43. The van der Waals surface area contributed by atoms with E-state index in [4.69, 9.17) is 0 Å². The molecule has 0 aromatic carbocycles. The number of nitrogens with one attached hydrogen (secondary N) is 1. The van der Waals surface area contributed by atoms with Crippen LogP contribution in [-0.2, 0) is 0 Å². The molecule has 1 aliphatic heterocycles. The van der Waals surface area contributed by atoms with E-state index in [-0.39, 0.29) is 0 Å². The molecule has 3 saturated carbocycles. The molecule has 1 heterocycles. The summed E-state index contributed by atoms with van der Waals surface area (Å²) in [5.41, 5.74) is 0. The molecule has 17 heavy (non-hydrogen) atoms. The van der Waals surface area contributed by atoms with Gasteiger partial charge < -0.3 is 5.32 Å². The Morgan fingerprint density at radius 1 is 0.882 bits per heavy atom. The van der Waals surface area contributed by atoms with Crippen LogP contribution in [0.15, 0.2) is 0 Å². The molecule has 4 atom stereocenters. The monoisotopic (exact) mass is 234 g/mol. The average molecular weight is 234 g/mol. The van der Waals surface area contributed by atoms with Gasteiger partial charge in [-0.25, -0.2) is 0 Å². The number of likely N-dealkylation sites (tertiary alicyclic amines) is 1. The Morgan fingerprint density at radius 2 is 1.65 bits per heavy atom. The molecule has 0 aromatic rings. The Balaban J connectivity index is 1.30. The molecule has 0 bridgehead atoms. The number of hydrogen-bond donors (Lipinski definition) is 1. The van der Waals surface area contributed by atoms with Crippen LogP contribution in [0, 0.1) is 17.8 Å². The summed E-state index contributed by atoms with van der Waals surface area (Å²) in [6, 6.07) is 1.85. The Bertz CT molecular complexity index is 275. The zero-order valence-electron chi connectivity index (χ0n) is 10.9. The van der Waals surface area contributed by atoms with Crippen molar-refractivity contribution in [3.63, 3.8) is 0 Å². The Morgan fingerprint density at radius 3 is 2.24 bits per heavy atom. The van der Waals surface area contributed by atoms with Crippen LogP contribution in [0.3, 0.4) is 0 Å². The summed E-state index contributed by atoms with van der Waals surface area (Å²) in [5, 5.41) is 3.74. The van der Waals surface area contributed by atoms with Crippen LogP contribution < -0.4 is 5.32 Å². The third-order valence-corrected chi connectivity index (χ3v) is 5.85. The van der Waals surface area contributed by atoms with Crippen LogP contribution in [-0.4, -0.2) is 36.6 Å². The molecule has 0 radical (unpaired) electrons. The van der Waals surface area contributed by atoms with Crippen molar-refractivity contribution in [2.75, 3.05) is 19.6 Å².